The minimum atomic E-state index is 0.412. The third kappa shape index (κ3) is 4.96. The van der Waals surface area contributed by atoms with Gasteiger partial charge in [0.1, 0.15) is 0 Å². The lowest BCUT2D eigenvalue weighted by Crippen LogP contribution is -2.36. The number of nitrogens with one attached hydrogen (secondary N) is 1. The molecule has 0 spiro atoms. The molecule has 2 nitrogen and oxygen atoms in total. The molecule has 2 atom stereocenters. The van der Waals surface area contributed by atoms with Gasteiger partial charge >= 0.3 is 0 Å². The van der Waals surface area contributed by atoms with Crippen molar-refractivity contribution < 1.29 is 0 Å². The molecule has 0 fully saturated rings. The number of nitrogens with zero attached hydrogens (tertiary/aromatic N) is 1. The maximum Gasteiger partial charge on any atom is 0.0446 e. The van der Waals surface area contributed by atoms with E-state index in [-0.39, 0.29) is 0 Å². The van der Waals surface area contributed by atoms with Crippen LogP contribution in [-0.2, 0) is 6.42 Å². The molecule has 0 aliphatic rings. The Balaban J connectivity index is 2.66. The second kappa shape index (κ2) is 8.34. The molecule has 0 aliphatic heterocycles. The van der Waals surface area contributed by atoms with E-state index in [2.05, 4.69) is 69.3 Å². The molecular weight excluding hydrogens is 232 g/mol. The molecule has 1 aromatic carbocycles. The number of rotatable bonds is 8. The summed E-state index contributed by atoms with van der Waals surface area (Å²) in [6.07, 6.45) is 3.63. The molecule has 19 heavy (non-hydrogen) atoms. The van der Waals surface area contributed by atoms with Gasteiger partial charge in [-0.05, 0) is 45.0 Å². The van der Waals surface area contributed by atoms with E-state index >= 15 is 0 Å². The molecular formula is C17H30N2. The first-order valence-electron chi connectivity index (χ1n) is 7.58. The minimum Gasteiger partial charge on any atom is -0.312 e. The topological polar surface area (TPSA) is 15.3 Å². The van der Waals surface area contributed by atoms with Crippen molar-refractivity contribution in [3.8, 4) is 0 Å². The summed E-state index contributed by atoms with van der Waals surface area (Å²) in [4.78, 5) is 2.46. The van der Waals surface area contributed by atoms with Crippen LogP contribution >= 0.6 is 0 Å². The van der Waals surface area contributed by atoms with Crippen molar-refractivity contribution >= 4 is 0 Å². The lowest BCUT2D eigenvalue weighted by atomic mass is 10.0. The van der Waals surface area contributed by atoms with Gasteiger partial charge in [0, 0.05) is 18.6 Å². The molecule has 2 unspecified atom stereocenters. The van der Waals surface area contributed by atoms with E-state index in [0.29, 0.717) is 12.1 Å². The van der Waals surface area contributed by atoms with Gasteiger partial charge in [0.2, 0.25) is 0 Å². The normalized spacial score (nSPS) is 14.6. The highest BCUT2D eigenvalue weighted by molar-refractivity contribution is 5.25. The van der Waals surface area contributed by atoms with Crippen molar-refractivity contribution in [1.29, 1.82) is 0 Å². The second-order valence-electron chi connectivity index (χ2n) is 5.51. The van der Waals surface area contributed by atoms with Gasteiger partial charge in [0.05, 0.1) is 0 Å². The van der Waals surface area contributed by atoms with Gasteiger partial charge in [0.15, 0.2) is 0 Å². The first kappa shape index (κ1) is 16.2. The van der Waals surface area contributed by atoms with Gasteiger partial charge in [-0.25, -0.2) is 0 Å². The van der Waals surface area contributed by atoms with E-state index in [9.17, 15) is 0 Å². The van der Waals surface area contributed by atoms with Gasteiger partial charge in [-0.15, -0.1) is 0 Å². The Hall–Kier alpha value is -0.860. The van der Waals surface area contributed by atoms with Gasteiger partial charge < -0.3 is 10.2 Å². The van der Waals surface area contributed by atoms with Gasteiger partial charge in [0.25, 0.3) is 0 Å². The summed E-state index contributed by atoms with van der Waals surface area (Å²) in [5, 5.41) is 3.44. The van der Waals surface area contributed by atoms with Crippen molar-refractivity contribution in [3.63, 3.8) is 0 Å². The number of benzene rings is 1. The molecule has 1 aromatic rings. The fourth-order valence-corrected chi connectivity index (χ4v) is 2.46. The quantitative estimate of drug-likeness (QED) is 0.769. The fourth-order valence-electron chi connectivity index (χ4n) is 2.46. The zero-order valence-corrected chi connectivity index (χ0v) is 13.2. The summed E-state index contributed by atoms with van der Waals surface area (Å²) in [6, 6.07) is 10.1. The van der Waals surface area contributed by atoms with Gasteiger partial charge in [-0.1, -0.05) is 44.5 Å². The van der Waals surface area contributed by atoms with Crippen LogP contribution in [0.25, 0.3) is 0 Å². The Morgan fingerprint density at radius 2 is 1.79 bits per heavy atom. The zero-order chi connectivity index (χ0) is 14.3. The van der Waals surface area contributed by atoms with E-state index in [1.807, 2.05) is 0 Å². The van der Waals surface area contributed by atoms with Crippen LogP contribution in [0.3, 0.4) is 0 Å². The Morgan fingerprint density at radius 3 is 2.26 bits per heavy atom. The highest BCUT2D eigenvalue weighted by Crippen LogP contribution is 2.17. The second-order valence-corrected chi connectivity index (χ2v) is 5.51. The molecule has 0 bridgehead atoms. The van der Waals surface area contributed by atoms with Gasteiger partial charge in [-0.2, -0.15) is 0 Å². The molecule has 0 aromatic heterocycles. The van der Waals surface area contributed by atoms with Crippen LogP contribution in [0.15, 0.2) is 24.3 Å². The first-order valence-corrected chi connectivity index (χ1v) is 7.58. The van der Waals surface area contributed by atoms with E-state index in [4.69, 9.17) is 0 Å². The zero-order valence-electron chi connectivity index (χ0n) is 13.2. The van der Waals surface area contributed by atoms with E-state index < -0.39 is 0 Å². The fraction of sp³-hybridized carbons (Fsp3) is 0.647. The number of likely N-dealkylation sites (N-methyl/N-ethyl adjacent to an activating group) is 2. The molecule has 108 valence electrons. The van der Waals surface area contributed by atoms with E-state index in [1.54, 1.807) is 0 Å². The predicted octanol–water partition coefficient (Wildman–Crippen LogP) is 3.63. The number of hydrogen-bond acceptors (Lipinski definition) is 2. The van der Waals surface area contributed by atoms with Crippen LogP contribution in [-0.4, -0.2) is 31.6 Å². The molecule has 2 heteroatoms. The third-order valence-corrected chi connectivity index (χ3v) is 4.07. The summed E-state index contributed by atoms with van der Waals surface area (Å²) in [5.41, 5.74) is 2.79. The first-order chi connectivity index (χ1) is 9.12. The van der Waals surface area contributed by atoms with E-state index in [1.165, 1.54) is 24.0 Å². The average molecular weight is 262 g/mol. The molecule has 0 saturated carbocycles. The SMILES string of the molecule is CCCC(C)N(C)CC(NC)c1ccc(CC)cc1. The average Bonchev–Trinajstić information content (AvgIpc) is 2.45. The largest absolute Gasteiger partial charge is 0.312 e. The maximum atomic E-state index is 3.44. The Labute approximate surface area is 119 Å². The van der Waals surface area contributed by atoms with Crippen LogP contribution in [0.2, 0.25) is 0 Å². The van der Waals surface area contributed by atoms with Crippen molar-refractivity contribution in [2.24, 2.45) is 0 Å². The summed E-state index contributed by atoms with van der Waals surface area (Å²) < 4.78 is 0. The summed E-state index contributed by atoms with van der Waals surface area (Å²) in [5.74, 6) is 0. The lowest BCUT2D eigenvalue weighted by molar-refractivity contribution is 0.222. The molecule has 0 heterocycles. The minimum absolute atomic E-state index is 0.412. The Kier molecular flexibility index (Phi) is 7.11. The number of aryl methyl sites for hydroxylation is 1. The van der Waals surface area contributed by atoms with Crippen molar-refractivity contribution in [1.82, 2.24) is 10.2 Å². The monoisotopic (exact) mass is 262 g/mol. The smallest absolute Gasteiger partial charge is 0.0446 e. The van der Waals surface area contributed by atoms with Crippen molar-refractivity contribution in [2.75, 3.05) is 20.6 Å². The molecule has 0 aliphatic carbocycles. The predicted molar refractivity (Wildman–Crippen MR) is 84.6 cm³/mol. The molecule has 1 rings (SSSR count). The molecule has 1 N–H and O–H groups in total. The standard InChI is InChI=1S/C17H30N2/c1-6-8-14(3)19(5)13-17(18-4)16-11-9-15(7-2)10-12-16/h9-12,14,17-18H,6-8,13H2,1-5H3. The third-order valence-electron chi connectivity index (χ3n) is 4.07. The van der Waals surface area contributed by atoms with Crippen LogP contribution in [0.1, 0.15) is 50.8 Å². The Morgan fingerprint density at radius 1 is 1.16 bits per heavy atom. The summed E-state index contributed by atoms with van der Waals surface area (Å²) in [6.45, 7) is 7.83. The molecule has 0 amide bonds. The van der Waals surface area contributed by atoms with Crippen LogP contribution in [0.5, 0.6) is 0 Å². The highest BCUT2D eigenvalue weighted by Gasteiger charge is 2.15. The Bertz CT molecular complexity index is 345. The summed E-state index contributed by atoms with van der Waals surface area (Å²) in [7, 11) is 4.28. The van der Waals surface area contributed by atoms with Crippen LogP contribution in [0, 0.1) is 0 Å². The lowest BCUT2D eigenvalue weighted by Gasteiger charge is -2.29. The summed E-state index contributed by atoms with van der Waals surface area (Å²) >= 11 is 0. The van der Waals surface area contributed by atoms with Crippen molar-refractivity contribution in [2.45, 2.75) is 52.1 Å². The molecule has 0 radical (unpaired) electrons. The van der Waals surface area contributed by atoms with Gasteiger partial charge in [-0.3, -0.25) is 0 Å². The van der Waals surface area contributed by atoms with E-state index in [0.717, 1.165) is 13.0 Å². The van der Waals surface area contributed by atoms with Crippen LogP contribution < -0.4 is 5.32 Å². The highest BCUT2D eigenvalue weighted by atomic mass is 15.1. The van der Waals surface area contributed by atoms with Crippen LogP contribution in [0.4, 0.5) is 0 Å². The number of hydrogen-bond donors (Lipinski definition) is 1. The molecule has 0 saturated heterocycles. The maximum absolute atomic E-state index is 3.44. The van der Waals surface area contributed by atoms with Crippen molar-refractivity contribution in [3.05, 3.63) is 35.4 Å².